The van der Waals surface area contributed by atoms with Crippen LogP contribution < -0.4 is 4.74 Å². The summed E-state index contributed by atoms with van der Waals surface area (Å²) in [7, 11) is 0. The van der Waals surface area contributed by atoms with Gasteiger partial charge in [-0.3, -0.25) is 14.8 Å². The molecule has 3 heterocycles. The van der Waals surface area contributed by atoms with Crippen LogP contribution in [0.1, 0.15) is 17.3 Å². The molecule has 7 heteroatoms. The first-order valence-electron chi connectivity index (χ1n) is 8.85. The number of carbonyl (C=O) groups is 1. The molecule has 142 valence electrons. The van der Waals surface area contributed by atoms with Crippen molar-refractivity contribution in [1.29, 1.82) is 0 Å². The Balaban J connectivity index is 1.64. The van der Waals surface area contributed by atoms with E-state index in [1.54, 1.807) is 41.7 Å². The molecule has 1 atom stereocenters. The van der Waals surface area contributed by atoms with Crippen molar-refractivity contribution >= 4 is 5.91 Å². The average Bonchev–Trinajstić information content (AvgIpc) is 2.73. The molecule has 1 amide bonds. The summed E-state index contributed by atoms with van der Waals surface area (Å²) >= 11 is 0. The number of ether oxygens (including phenoxy) is 2. The summed E-state index contributed by atoms with van der Waals surface area (Å²) in [6.07, 6.45) is 4.97. The van der Waals surface area contributed by atoms with E-state index in [-0.39, 0.29) is 24.4 Å². The maximum absolute atomic E-state index is 13.2. The first kappa shape index (κ1) is 18.1. The number of hydrogen-bond acceptors (Lipinski definition) is 5. The molecular weight excluding hydrogens is 361 g/mol. The summed E-state index contributed by atoms with van der Waals surface area (Å²) in [4.78, 5) is 22.8. The smallest absolute Gasteiger partial charge is 0.249 e. The molecule has 0 bridgehead atoms. The minimum Gasteiger partial charge on any atom is -0.457 e. The Kier molecular flexibility index (Phi) is 5.25. The third-order valence-corrected chi connectivity index (χ3v) is 4.47. The molecule has 1 aromatic carbocycles. The Morgan fingerprint density at radius 1 is 1.14 bits per heavy atom. The van der Waals surface area contributed by atoms with Gasteiger partial charge < -0.3 is 14.4 Å². The second-order valence-corrected chi connectivity index (χ2v) is 6.34. The van der Waals surface area contributed by atoms with Gasteiger partial charge in [0.1, 0.15) is 23.9 Å². The zero-order valence-corrected chi connectivity index (χ0v) is 15.0. The van der Waals surface area contributed by atoms with Gasteiger partial charge >= 0.3 is 0 Å². The lowest BCUT2D eigenvalue weighted by atomic mass is 10.1. The molecule has 1 unspecified atom stereocenters. The van der Waals surface area contributed by atoms with Crippen LogP contribution in [0.15, 0.2) is 67.1 Å². The second kappa shape index (κ2) is 8.14. The van der Waals surface area contributed by atoms with Crippen molar-refractivity contribution in [3.63, 3.8) is 0 Å². The van der Waals surface area contributed by atoms with Crippen LogP contribution in [0.5, 0.6) is 11.5 Å². The van der Waals surface area contributed by atoms with E-state index in [1.807, 2.05) is 18.2 Å². The van der Waals surface area contributed by atoms with E-state index in [0.29, 0.717) is 24.7 Å². The van der Waals surface area contributed by atoms with Gasteiger partial charge in [0.2, 0.25) is 5.91 Å². The number of aromatic nitrogens is 2. The van der Waals surface area contributed by atoms with Crippen molar-refractivity contribution in [3.8, 4) is 11.5 Å². The lowest BCUT2D eigenvalue weighted by Crippen LogP contribution is -2.43. The van der Waals surface area contributed by atoms with E-state index in [9.17, 15) is 9.18 Å². The fourth-order valence-electron chi connectivity index (χ4n) is 3.09. The Labute approximate surface area is 161 Å². The molecule has 3 aromatic rings. The fourth-order valence-corrected chi connectivity index (χ4v) is 3.09. The van der Waals surface area contributed by atoms with Crippen molar-refractivity contribution in [2.45, 2.75) is 12.6 Å². The minimum atomic E-state index is -0.368. The van der Waals surface area contributed by atoms with Crippen LogP contribution in [0, 0.1) is 5.82 Å². The Morgan fingerprint density at radius 3 is 2.79 bits per heavy atom. The van der Waals surface area contributed by atoms with Gasteiger partial charge in [-0.15, -0.1) is 0 Å². The molecular formula is C21H18FN3O3. The fraction of sp³-hybridized carbons (Fsp3) is 0.190. The van der Waals surface area contributed by atoms with E-state index in [4.69, 9.17) is 9.47 Å². The molecule has 1 aliphatic rings. The maximum atomic E-state index is 13.2. The molecule has 2 aromatic heterocycles. The Bertz CT molecular complexity index is 951. The summed E-state index contributed by atoms with van der Waals surface area (Å²) in [5.41, 5.74) is 1.50. The van der Waals surface area contributed by atoms with Gasteiger partial charge in [0.05, 0.1) is 24.9 Å². The first-order valence-corrected chi connectivity index (χ1v) is 8.85. The standard InChI is InChI=1S/C21H18FN3O3/c22-15-4-6-17(7-5-15)28-20-8-10-23-11-18(20)19-13-27-14-21(26)25(19)12-16-3-1-2-9-24-16/h1-11,19H,12-14H2. The van der Waals surface area contributed by atoms with E-state index in [0.717, 1.165) is 11.3 Å². The van der Waals surface area contributed by atoms with Crippen molar-refractivity contribution < 1.29 is 18.7 Å². The molecule has 0 aliphatic carbocycles. The van der Waals surface area contributed by atoms with Crippen molar-refractivity contribution in [2.75, 3.05) is 13.2 Å². The van der Waals surface area contributed by atoms with Gasteiger partial charge in [0.25, 0.3) is 0 Å². The van der Waals surface area contributed by atoms with Crippen LogP contribution >= 0.6 is 0 Å². The molecule has 6 nitrogen and oxygen atoms in total. The zero-order valence-electron chi connectivity index (χ0n) is 15.0. The number of rotatable bonds is 5. The zero-order chi connectivity index (χ0) is 19.3. The molecule has 1 fully saturated rings. The number of halogens is 1. The highest BCUT2D eigenvalue weighted by Gasteiger charge is 2.32. The van der Waals surface area contributed by atoms with Crippen LogP contribution in [-0.4, -0.2) is 34.0 Å². The molecule has 0 saturated carbocycles. The van der Waals surface area contributed by atoms with E-state index in [1.165, 1.54) is 12.1 Å². The number of carbonyl (C=O) groups excluding carboxylic acids is 1. The summed E-state index contributed by atoms with van der Waals surface area (Å²) in [5, 5.41) is 0. The Morgan fingerprint density at radius 2 is 2.00 bits per heavy atom. The van der Waals surface area contributed by atoms with Crippen LogP contribution in [0.25, 0.3) is 0 Å². The molecule has 28 heavy (non-hydrogen) atoms. The SMILES string of the molecule is O=C1COCC(c2cnccc2Oc2ccc(F)cc2)N1Cc1ccccn1. The highest BCUT2D eigenvalue weighted by molar-refractivity contribution is 5.78. The molecule has 1 saturated heterocycles. The molecule has 1 aliphatic heterocycles. The summed E-state index contributed by atoms with van der Waals surface area (Å²) < 4.78 is 24.6. The number of hydrogen-bond donors (Lipinski definition) is 0. The van der Waals surface area contributed by atoms with Gasteiger partial charge in [0, 0.05) is 24.2 Å². The molecule has 4 rings (SSSR count). The van der Waals surface area contributed by atoms with Gasteiger partial charge in [-0.2, -0.15) is 0 Å². The van der Waals surface area contributed by atoms with Crippen LogP contribution in [0.2, 0.25) is 0 Å². The Hall–Kier alpha value is -3.32. The van der Waals surface area contributed by atoms with Gasteiger partial charge in [-0.1, -0.05) is 6.07 Å². The molecule has 0 spiro atoms. The monoisotopic (exact) mass is 379 g/mol. The summed E-state index contributed by atoms with van der Waals surface area (Å²) in [5.74, 6) is 0.567. The highest BCUT2D eigenvalue weighted by Crippen LogP contribution is 2.34. The van der Waals surface area contributed by atoms with Gasteiger partial charge in [-0.05, 0) is 42.5 Å². The summed E-state index contributed by atoms with van der Waals surface area (Å²) in [6.45, 7) is 0.709. The number of morpholine rings is 1. The van der Waals surface area contributed by atoms with Crippen LogP contribution in [0.4, 0.5) is 4.39 Å². The van der Waals surface area contributed by atoms with Crippen molar-refractivity contribution in [3.05, 3.63) is 84.2 Å². The second-order valence-electron chi connectivity index (χ2n) is 6.34. The van der Waals surface area contributed by atoms with Crippen LogP contribution in [-0.2, 0) is 16.1 Å². The average molecular weight is 379 g/mol. The van der Waals surface area contributed by atoms with Gasteiger partial charge in [-0.25, -0.2) is 4.39 Å². The van der Waals surface area contributed by atoms with Crippen LogP contribution in [0.3, 0.4) is 0 Å². The predicted molar refractivity (Wildman–Crippen MR) is 99.1 cm³/mol. The number of amides is 1. The van der Waals surface area contributed by atoms with E-state index >= 15 is 0 Å². The lowest BCUT2D eigenvalue weighted by Gasteiger charge is -2.36. The topological polar surface area (TPSA) is 64.6 Å². The lowest BCUT2D eigenvalue weighted by molar-refractivity contribution is -0.149. The largest absolute Gasteiger partial charge is 0.457 e. The number of nitrogens with zero attached hydrogens (tertiary/aromatic N) is 3. The minimum absolute atomic E-state index is 0.0255. The third-order valence-electron chi connectivity index (χ3n) is 4.47. The van der Waals surface area contributed by atoms with Crippen molar-refractivity contribution in [2.24, 2.45) is 0 Å². The number of benzene rings is 1. The maximum Gasteiger partial charge on any atom is 0.249 e. The highest BCUT2D eigenvalue weighted by atomic mass is 19.1. The van der Waals surface area contributed by atoms with Crippen molar-refractivity contribution in [1.82, 2.24) is 14.9 Å². The normalized spacial score (nSPS) is 16.8. The first-order chi connectivity index (χ1) is 13.7. The van der Waals surface area contributed by atoms with E-state index in [2.05, 4.69) is 9.97 Å². The third kappa shape index (κ3) is 3.99. The quantitative estimate of drug-likeness (QED) is 0.679. The van der Waals surface area contributed by atoms with E-state index < -0.39 is 0 Å². The predicted octanol–water partition coefficient (Wildman–Crippen LogP) is 3.51. The van der Waals surface area contributed by atoms with Gasteiger partial charge in [0.15, 0.2) is 0 Å². The molecule has 0 N–H and O–H groups in total. The number of pyridine rings is 2. The summed E-state index contributed by atoms with van der Waals surface area (Å²) in [6, 6.07) is 12.7. The molecule has 0 radical (unpaired) electrons.